The van der Waals surface area contributed by atoms with Crippen LogP contribution in [0.1, 0.15) is 20.3 Å². The van der Waals surface area contributed by atoms with Crippen LogP contribution in [-0.2, 0) is 9.53 Å². The molecule has 0 saturated carbocycles. The van der Waals surface area contributed by atoms with Gasteiger partial charge < -0.3 is 14.6 Å². The smallest absolute Gasteiger partial charge is 0.122 e. The molecule has 0 aliphatic rings. The molecule has 0 aromatic heterocycles. The van der Waals surface area contributed by atoms with Crippen LogP contribution in [0.2, 0.25) is 0 Å². The average Bonchev–Trinajstić information content (AvgIpc) is 1.88. The molecule has 0 bridgehead atoms. The molecule has 11 heavy (non-hydrogen) atoms. The fraction of sp³-hybridized carbons (Fsp3) is 0.875. The zero-order valence-corrected chi connectivity index (χ0v) is 7.33. The molecule has 0 heterocycles. The minimum absolute atomic E-state index is 0.0349. The lowest BCUT2D eigenvalue weighted by molar-refractivity contribution is -0.119. The highest BCUT2D eigenvalue weighted by Crippen LogP contribution is 2.19. The van der Waals surface area contributed by atoms with Crippen molar-refractivity contribution in [3.05, 3.63) is 0 Å². The Morgan fingerprint density at radius 1 is 1.64 bits per heavy atom. The van der Waals surface area contributed by atoms with Crippen LogP contribution in [0.3, 0.4) is 0 Å². The van der Waals surface area contributed by atoms with Gasteiger partial charge in [0.1, 0.15) is 6.29 Å². The third-order valence-electron chi connectivity index (χ3n) is 1.91. The summed E-state index contributed by atoms with van der Waals surface area (Å²) in [6.07, 6.45) is 0.859. The Kier molecular flexibility index (Phi) is 4.30. The monoisotopic (exact) mass is 160 g/mol. The Balaban J connectivity index is 4.12. The maximum absolute atomic E-state index is 10.2. The van der Waals surface area contributed by atoms with E-state index in [1.54, 1.807) is 0 Å². The quantitative estimate of drug-likeness (QED) is 0.599. The van der Waals surface area contributed by atoms with Gasteiger partial charge in [-0.3, -0.25) is 0 Å². The van der Waals surface area contributed by atoms with Crippen molar-refractivity contribution in [1.29, 1.82) is 0 Å². The van der Waals surface area contributed by atoms with Gasteiger partial charge in [-0.05, 0) is 5.92 Å². The van der Waals surface area contributed by atoms with Crippen molar-refractivity contribution in [3.63, 3.8) is 0 Å². The fourth-order valence-electron chi connectivity index (χ4n) is 0.856. The first-order chi connectivity index (χ1) is 5.06. The molecule has 0 saturated heterocycles. The van der Waals surface area contributed by atoms with Gasteiger partial charge in [-0.1, -0.05) is 13.8 Å². The summed E-state index contributed by atoms with van der Waals surface area (Å²) >= 11 is 0. The predicted molar refractivity (Wildman–Crippen MR) is 42.3 cm³/mol. The molecule has 0 fully saturated rings. The van der Waals surface area contributed by atoms with E-state index in [4.69, 9.17) is 4.74 Å². The number of carbonyl (C=O) groups is 1. The molecule has 0 aliphatic heterocycles. The van der Waals surface area contributed by atoms with Crippen LogP contribution in [-0.4, -0.2) is 30.7 Å². The number of carbonyl (C=O) groups excluding carboxylic acids is 1. The van der Waals surface area contributed by atoms with Crippen LogP contribution in [0, 0.1) is 5.92 Å². The maximum Gasteiger partial charge on any atom is 0.122 e. The van der Waals surface area contributed by atoms with Crippen LogP contribution >= 0.6 is 0 Å². The first kappa shape index (κ1) is 10.6. The van der Waals surface area contributed by atoms with E-state index in [1.165, 1.54) is 7.11 Å². The number of aldehydes is 1. The summed E-state index contributed by atoms with van der Waals surface area (Å²) in [5.41, 5.74) is -0.990. The summed E-state index contributed by atoms with van der Waals surface area (Å²) in [7, 11) is 1.51. The molecule has 0 radical (unpaired) electrons. The van der Waals surface area contributed by atoms with Crippen LogP contribution in [0.25, 0.3) is 0 Å². The Bertz CT molecular complexity index is 123. The lowest BCUT2D eigenvalue weighted by Crippen LogP contribution is -2.40. The van der Waals surface area contributed by atoms with Crippen molar-refractivity contribution in [2.45, 2.75) is 25.9 Å². The maximum atomic E-state index is 10.2. The molecule has 0 rings (SSSR count). The summed E-state index contributed by atoms with van der Waals surface area (Å²) in [6, 6.07) is 0. The zero-order valence-electron chi connectivity index (χ0n) is 7.33. The van der Waals surface area contributed by atoms with Crippen molar-refractivity contribution >= 4 is 6.29 Å². The van der Waals surface area contributed by atoms with Crippen molar-refractivity contribution in [2.75, 3.05) is 13.7 Å². The number of ether oxygens (including phenoxy) is 1. The molecular weight excluding hydrogens is 144 g/mol. The zero-order chi connectivity index (χ0) is 8.91. The van der Waals surface area contributed by atoms with Gasteiger partial charge in [-0.2, -0.15) is 0 Å². The van der Waals surface area contributed by atoms with Crippen LogP contribution in [0.5, 0.6) is 0 Å². The van der Waals surface area contributed by atoms with Crippen molar-refractivity contribution in [1.82, 2.24) is 0 Å². The third-order valence-corrected chi connectivity index (χ3v) is 1.91. The largest absolute Gasteiger partial charge is 0.387 e. The van der Waals surface area contributed by atoms with Gasteiger partial charge >= 0.3 is 0 Å². The number of hydrogen-bond donors (Lipinski definition) is 1. The topological polar surface area (TPSA) is 46.5 Å². The first-order valence-corrected chi connectivity index (χ1v) is 3.71. The number of aliphatic hydroxyl groups is 1. The summed E-state index contributed by atoms with van der Waals surface area (Å²) in [4.78, 5) is 10.2. The van der Waals surface area contributed by atoms with E-state index in [0.29, 0.717) is 0 Å². The molecule has 1 atom stereocenters. The highest BCUT2D eigenvalue weighted by Gasteiger charge is 2.30. The van der Waals surface area contributed by atoms with Crippen LogP contribution in [0.4, 0.5) is 0 Å². The number of rotatable bonds is 5. The molecule has 1 unspecified atom stereocenters. The fourth-order valence-corrected chi connectivity index (χ4v) is 0.856. The second-order valence-electron chi connectivity index (χ2n) is 3.06. The molecule has 0 spiro atoms. The third kappa shape index (κ3) is 2.99. The molecule has 66 valence electrons. The van der Waals surface area contributed by atoms with E-state index in [-0.39, 0.29) is 18.9 Å². The Labute approximate surface area is 67.4 Å². The Morgan fingerprint density at radius 2 is 2.18 bits per heavy atom. The lowest BCUT2D eigenvalue weighted by Gasteiger charge is -2.29. The predicted octanol–water partition coefficient (Wildman–Crippen LogP) is 0.609. The van der Waals surface area contributed by atoms with E-state index in [9.17, 15) is 9.90 Å². The molecule has 0 aliphatic carbocycles. The van der Waals surface area contributed by atoms with Crippen LogP contribution in [0.15, 0.2) is 0 Å². The van der Waals surface area contributed by atoms with E-state index in [2.05, 4.69) is 0 Å². The van der Waals surface area contributed by atoms with Crippen molar-refractivity contribution in [2.24, 2.45) is 5.92 Å². The number of methoxy groups -OCH3 is 1. The van der Waals surface area contributed by atoms with Gasteiger partial charge in [-0.25, -0.2) is 0 Å². The van der Waals surface area contributed by atoms with Gasteiger partial charge in [0.05, 0.1) is 12.2 Å². The molecular formula is C8H16O3. The van der Waals surface area contributed by atoms with Crippen molar-refractivity contribution in [3.8, 4) is 0 Å². The summed E-state index contributed by atoms with van der Waals surface area (Å²) in [6.45, 7) is 3.94. The normalized spacial score (nSPS) is 16.5. The van der Waals surface area contributed by atoms with Gasteiger partial charge in [-0.15, -0.1) is 0 Å². The van der Waals surface area contributed by atoms with Gasteiger partial charge in [0, 0.05) is 13.5 Å². The Morgan fingerprint density at radius 3 is 2.45 bits per heavy atom. The van der Waals surface area contributed by atoms with E-state index >= 15 is 0 Å². The molecule has 0 aromatic rings. The molecule has 1 N–H and O–H groups in total. The summed E-state index contributed by atoms with van der Waals surface area (Å²) < 4.78 is 4.81. The van der Waals surface area contributed by atoms with E-state index in [0.717, 1.165) is 6.29 Å². The minimum atomic E-state index is -0.990. The summed E-state index contributed by atoms with van der Waals surface area (Å²) in [5, 5.41) is 9.73. The van der Waals surface area contributed by atoms with Gasteiger partial charge in [0.25, 0.3) is 0 Å². The molecule has 3 heteroatoms. The first-order valence-electron chi connectivity index (χ1n) is 3.71. The SMILES string of the molecule is COCC(O)(CC=O)C(C)C. The molecule has 3 nitrogen and oxygen atoms in total. The summed E-state index contributed by atoms with van der Waals surface area (Å²) in [5.74, 6) is 0.0349. The lowest BCUT2D eigenvalue weighted by atomic mass is 9.88. The minimum Gasteiger partial charge on any atom is -0.387 e. The Hall–Kier alpha value is -0.410. The van der Waals surface area contributed by atoms with E-state index in [1.807, 2.05) is 13.8 Å². The molecule has 0 amide bonds. The number of hydrogen-bond acceptors (Lipinski definition) is 3. The van der Waals surface area contributed by atoms with Gasteiger partial charge in [0.2, 0.25) is 0 Å². The standard InChI is InChI=1S/C8H16O3/c1-7(2)8(10,4-5-9)6-11-3/h5,7,10H,4,6H2,1-3H3. The average molecular weight is 160 g/mol. The van der Waals surface area contributed by atoms with Crippen molar-refractivity contribution < 1.29 is 14.6 Å². The van der Waals surface area contributed by atoms with E-state index < -0.39 is 5.60 Å². The van der Waals surface area contributed by atoms with Gasteiger partial charge in [0.15, 0.2) is 0 Å². The second-order valence-corrected chi connectivity index (χ2v) is 3.06. The second kappa shape index (κ2) is 4.46. The molecule has 0 aromatic carbocycles. The van der Waals surface area contributed by atoms with Crippen LogP contribution < -0.4 is 0 Å². The highest BCUT2D eigenvalue weighted by molar-refractivity contribution is 5.51. The highest BCUT2D eigenvalue weighted by atomic mass is 16.5.